The number of anilines is 1. The van der Waals surface area contributed by atoms with Gasteiger partial charge in [-0.2, -0.15) is 0 Å². The van der Waals surface area contributed by atoms with Crippen molar-refractivity contribution in [2.24, 2.45) is 0 Å². The summed E-state index contributed by atoms with van der Waals surface area (Å²) in [4.78, 5) is 24.8. The minimum absolute atomic E-state index is 0.0446. The fourth-order valence-corrected chi connectivity index (χ4v) is 2.31. The van der Waals surface area contributed by atoms with Crippen molar-refractivity contribution < 1.29 is 22.8 Å². The van der Waals surface area contributed by atoms with E-state index in [1.54, 1.807) is 0 Å². The lowest BCUT2D eigenvalue weighted by Gasteiger charge is -2.16. The lowest BCUT2D eigenvalue weighted by atomic mass is 10.1. The molecule has 0 N–H and O–H groups in total. The first-order valence-corrected chi connectivity index (χ1v) is 6.06. The van der Waals surface area contributed by atoms with Gasteiger partial charge in [0.25, 0.3) is 11.7 Å². The number of fused-ring (bicyclic) bond motifs is 1. The number of ketones is 1. The predicted molar refractivity (Wildman–Crippen MR) is 68.3 cm³/mol. The van der Waals surface area contributed by atoms with Crippen molar-refractivity contribution in [2.75, 3.05) is 4.90 Å². The van der Waals surface area contributed by atoms with Crippen molar-refractivity contribution in [1.82, 2.24) is 0 Å². The number of halogens is 3. The van der Waals surface area contributed by atoms with Gasteiger partial charge in [0.05, 0.1) is 17.8 Å². The molecule has 0 unspecified atom stereocenters. The standard InChI is InChI=1S/C15H8F3NO2/c16-9-1-2-13-12(6-9)14(20)15(21)19(13)7-8-3-10(17)5-11(18)4-8/h1-6H,7H2. The zero-order valence-corrected chi connectivity index (χ0v) is 10.6. The Kier molecular flexibility index (Phi) is 3.01. The molecule has 6 heteroatoms. The van der Waals surface area contributed by atoms with Crippen LogP contribution in [0.15, 0.2) is 36.4 Å². The van der Waals surface area contributed by atoms with E-state index in [9.17, 15) is 22.8 Å². The molecule has 0 saturated carbocycles. The fourth-order valence-electron chi connectivity index (χ4n) is 2.31. The molecule has 1 aliphatic heterocycles. The lowest BCUT2D eigenvalue weighted by molar-refractivity contribution is -0.114. The van der Waals surface area contributed by atoms with Crippen molar-refractivity contribution in [2.45, 2.75) is 6.54 Å². The van der Waals surface area contributed by atoms with Crippen LogP contribution in [0.2, 0.25) is 0 Å². The number of hydrogen-bond acceptors (Lipinski definition) is 2. The van der Waals surface area contributed by atoms with Gasteiger partial charge in [0.15, 0.2) is 0 Å². The summed E-state index contributed by atoms with van der Waals surface area (Å²) >= 11 is 0. The molecule has 0 spiro atoms. The Bertz CT molecular complexity index is 753. The average molecular weight is 291 g/mol. The molecule has 2 aromatic rings. The van der Waals surface area contributed by atoms with Gasteiger partial charge >= 0.3 is 0 Å². The van der Waals surface area contributed by atoms with Crippen LogP contribution in [0.25, 0.3) is 0 Å². The number of rotatable bonds is 2. The molecule has 0 radical (unpaired) electrons. The van der Waals surface area contributed by atoms with Gasteiger partial charge in [0.2, 0.25) is 0 Å². The van der Waals surface area contributed by atoms with E-state index in [2.05, 4.69) is 0 Å². The van der Waals surface area contributed by atoms with Crippen LogP contribution >= 0.6 is 0 Å². The number of Topliss-reactive ketones (excluding diaryl/α,β-unsaturated/α-hetero) is 1. The fraction of sp³-hybridized carbons (Fsp3) is 0.0667. The zero-order chi connectivity index (χ0) is 15.1. The van der Waals surface area contributed by atoms with Gasteiger partial charge in [-0.05, 0) is 35.9 Å². The van der Waals surface area contributed by atoms with Crippen molar-refractivity contribution in [1.29, 1.82) is 0 Å². The molecule has 106 valence electrons. The molecule has 0 atom stereocenters. The normalized spacial score (nSPS) is 13.8. The highest BCUT2D eigenvalue weighted by Gasteiger charge is 2.36. The van der Waals surface area contributed by atoms with Crippen LogP contribution in [0.5, 0.6) is 0 Å². The lowest BCUT2D eigenvalue weighted by Crippen LogP contribution is -2.29. The maximum atomic E-state index is 13.2. The minimum atomic E-state index is -0.847. The maximum absolute atomic E-state index is 13.2. The molecule has 1 heterocycles. The van der Waals surface area contributed by atoms with Gasteiger partial charge in [-0.25, -0.2) is 13.2 Å². The topological polar surface area (TPSA) is 37.4 Å². The summed E-state index contributed by atoms with van der Waals surface area (Å²) in [6.45, 7) is -0.169. The molecule has 3 rings (SSSR count). The average Bonchev–Trinajstić information content (AvgIpc) is 2.63. The number of hydrogen-bond donors (Lipinski definition) is 0. The van der Waals surface area contributed by atoms with Crippen LogP contribution in [0, 0.1) is 17.5 Å². The van der Waals surface area contributed by atoms with Crippen molar-refractivity contribution >= 4 is 17.4 Å². The Balaban J connectivity index is 2.00. The predicted octanol–water partition coefficient (Wildman–Crippen LogP) is 2.83. The smallest absolute Gasteiger partial charge is 0.299 e. The number of carbonyl (C=O) groups is 2. The Morgan fingerprint density at radius 1 is 0.857 bits per heavy atom. The summed E-state index contributed by atoms with van der Waals surface area (Å²) in [5.41, 5.74) is 0.388. The van der Waals surface area contributed by atoms with Crippen LogP contribution in [0.3, 0.4) is 0 Å². The highest BCUT2D eigenvalue weighted by molar-refractivity contribution is 6.52. The van der Waals surface area contributed by atoms with Crippen LogP contribution in [-0.2, 0) is 11.3 Å². The van der Waals surface area contributed by atoms with E-state index in [0.717, 1.165) is 29.2 Å². The second-order valence-corrected chi connectivity index (χ2v) is 4.66. The Hall–Kier alpha value is -2.63. The number of amides is 1. The van der Waals surface area contributed by atoms with Crippen LogP contribution in [-0.4, -0.2) is 11.7 Å². The zero-order valence-electron chi connectivity index (χ0n) is 10.6. The van der Waals surface area contributed by atoms with Crippen LogP contribution in [0.4, 0.5) is 18.9 Å². The first-order valence-electron chi connectivity index (χ1n) is 6.06. The van der Waals surface area contributed by atoms with Gasteiger partial charge in [-0.3, -0.25) is 9.59 Å². The van der Waals surface area contributed by atoms with E-state index in [0.29, 0.717) is 6.07 Å². The molecule has 0 fully saturated rings. The van der Waals surface area contributed by atoms with Gasteiger partial charge < -0.3 is 4.90 Å². The summed E-state index contributed by atoms with van der Waals surface area (Å²) in [7, 11) is 0. The van der Waals surface area contributed by atoms with Gasteiger partial charge in [-0.1, -0.05) is 0 Å². The summed E-state index contributed by atoms with van der Waals surface area (Å²) in [5, 5.41) is 0. The molecular weight excluding hydrogens is 283 g/mol. The van der Waals surface area contributed by atoms with E-state index in [1.165, 1.54) is 6.07 Å². The molecule has 0 bridgehead atoms. The van der Waals surface area contributed by atoms with Crippen molar-refractivity contribution in [3.05, 3.63) is 65.0 Å². The molecule has 2 aromatic carbocycles. The van der Waals surface area contributed by atoms with E-state index in [4.69, 9.17) is 0 Å². The number of benzene rings is 2. The second kappa shape index (κ2) is 4.73. The number of nitrogens with zero attached hydrogens (tertiary/aromatic N) is 1. The number of carbonyl (C=O) groups excluding carboxylic acids is 2. The van der Waals surface area contributed by atoms with E-state index < -0.39 is 29.1 Å². The second-order valence-electron chi connectivity index (χ2n) is 4.66. The quantitative estimate of drug-likeness (QED) is 0.798. The third-order valence-corrected chi connectivity index (χ3v) is 3.20. The van der Waals surface area contributed by atoms with Gasteiger partial charge in [0.1, 0.15) is 17.5 Å². The van der Waals surface area contributed by atoms with Crippen molar-refractivity contribution in [3.63, 3.8) is 0 Å². The largest absolute Gasteiger partial charge is 0.300 e. The highest BCUT2D eigenvalue weighted by atomic mass is 19.1. The maximum Gasteiger partial charge on any atom is 0.299 e. The van der Waals surface area contributed by atoms with Crippen LogP contribution in [0.1, 0.15) is 15.9 Å². The Labute approximate surface area is 117 Å². The summed E-state index contributed by atoms with van der Waals surface area (Å²) in [6, 6.07) is 6.24. The van der Waals surface area contributed by atoms with E-state index in [-0.39, 0.29) is 23.4 Å². The third kappa shape index (κ3) is 2.29. The molecule has 1 aliphatic rings. The minimum Gasteiger partial charge on any atom is -0.300 e. The molecule has 3 nitrogen and oxygen atoms in total. The Morgan fingerprint density at radius 3 is 2.19 bits per heavy atom. The van der Waals surface area contributed by atoms with Gasteiger partial charge in [-0.15, -0.1) is 0 Å². The Morgan fingerprint density at radius 2 is 1.52 bits per heavy atom. The van der Waals surface area contributed by atoms with Gasteiger partial charge in [0, 0.05) is 6.07 Å². The molecule has 1 amide bonds. The summed E-state index contributed by atoms with van der Waals surface area (Å²) in [6.07, 6.45) is 0. The monoisotopic (exact) mass is 291 g/mol. The molecule has 21 heavy (non-hydrogen) atoms. The SMILES string of the molecule is O=C1C(=O)N(Cc2cc(F)cc(F)c2)c2ccc(F)cc21. The highest BCUT2D eigenvalue weighted by Crippen LogP contribution is 2.31. The third-order valence-electron chi connectivity index (χ3n) is 3.20. The van der Waals surface area contributed by atoms with E-state index >= 15 is 0 Å². The molecule has 0 aliphatic carbocycles. The first kappa shape index (κ1) is 13.4. The molecular formula is C15H8F3NO2. The molecule has 0 aromatic heterocycles. The van der Waals surface area contributed by atoms with E-state index in [1.807, 2.05) is 0 Å². The molecule has 0 saturated heterocycles. The summed E-state index contributed by atoms with van der Waals surface area (Å²) in [5.74, 6) is -3.86. The first-order chi connectivity index (χ1) is 9.95. The summed E-state index contributed by atoms with van der Waals surface area (Å²) < 4.78 is 39.5. The van der Waals surface area contributed by atoms with Crippen molar-refractivity contribution in [3.8, 4) is 0 Å². The van der Waals surface area contributed by atoms with Crippen LogP contribution < -0.4 is 4.90 Å².